The largest absolute Gasteiger partial charge is 0.303 e. The van der Waals surface area contributed by atoms with Crippen LogP contribution in [0.15, 0.2) is 76.9 Å². The second kappa shape index (κ2) is 8.24. The van der Waals surface area contributed by atoms with Crippen LogP contribution in [0.5, 0.6) is 0 Å². The molecule has 0 unspecified atom stereocenters. The van der Waals surface area contributed by atoms with Gasteiger partial charge in [0.05, 0.1) is 16.4 Å². The molecule has 1 N–H and O–H groups in total. The average Bonchev–Trinajstić information content (AvgIpc) is 3.07. The number of fused-ring (bicyclic) bond motifs is 1. The van der Waals surface area contributed by atoms with E-state index in [0.29, 0.717) is 10.7 Å². The van der Waals surface area contributed by atoms with Gasteiger partial charge in [0.25, 0.3) is 5.69 Å². The van der Waals surface area contributed by atoms with Crippen LogP contribution in [-0.2, 0) is 11.2 Å². The smallest absolute Gasteiger partial charge is 0.272 e. The van der Waals surface area contributed by atoms with E-state index in [2.05, 4.69) is 15.5 Å². The number of amides is 1. The number of nitro benzene ring substituents is 1. The van der Waals surface area contributed by atoms with Crippen molar-refractivity contribution in [3.8, 4) is 0 Å². The maximum Gasteiger partial charge on any atom is 0.272 e. The summed E-state index contributed by atoms with van der Waals surface area (Å²) in [5.41, 5.74) is 1.46. The summed E-state index contributed by atoms with van der Waals surface area (Å²) in [6.07, 6.45) is 1.90. The number of carbonyl (C=O) groups is 1. The normalized spacial score (nSPS) is 17.9. The molecular formula is C21H16N4O3S. The van der Waals surface area contributed by atoms with E-state index in [-0.39, 0.29) is 18.0 Å². The third-order valence-corrected chi connectivity index (χ3v) is 5.61. The maximum absolute atomic E-state index is 12.2. The molecule has 0 aliphatic carbocycles. The Bertz CT molecular complexity index is 1150. The van der Waals surface area contributed by atoms with Gasteiger partial charge < -0.3 is 5.32 Å². The topological polar surface area (TPSA) is 97.0 Å². The van der Waals surface area contributed by atoms with E-state index in [1.165, 1.54) is 17.8 Å². The van der Waals surface area contributed by atoms with Crippen LogP contribution < -0.4 is 5.32 Å². The third kappa shape index (κ3) is 4.17. The highest BCUT2D eigenvalue weighted by molar-refractivity contribution is 8.15. The minimum absolute atomic E-state index is 0.0141. The highest BCUT2D eigenvalue weighted by Gasteiger charge is 2.32. The highest BCUT2D eigenvalue weighted by Crippen LogP contribution is 2.27. The summed E-state index contributed by atoms with van der Waals surface area (Å²) in [6.45, 7) is 0. The van der Waals surface area contributed by atoms with Crippen molar-refractivity contribution < 1.29 is 9.72 Å². The number of para-hydroxylation sites is 1. The molecule has 7 nitrogen and oxygen atoms in total. The van der Waals surface area contributed by atoms with Crippen LogP contribution in [0.1, 0.15) is 11.1 Å². The van der Waals surface area contributed by atoms with Crippen LogP contribution in [-0.4, -0.2) is 27.5 Å². The summed E-state index contributed by atoms with van der Waals surface area (Å²) >= 11 is 1.23. The Morgan fingerprint density at radius 2 is 1.83 bits per heavy atom. The maximum atomic E-state index is 12.2. The first kappa shape index (κ1) is 18.8. The van der Waals surface area contributed by atoms with Crippen LogP contribution in [0.25, 0.3) is 10.8 Å². The van der Waals surface area contributed by atoms with Crippen LogP contribution >= 0.6 is 11.8 Å². The van der Waals surface area contributed by atoms with Crippen molar-refractivity contribution in [3.05, 3.63) is 88.0 Å². The first-order chi connectivity index (χ1) is 14.1. The quantitative estimate of drug-likeness (QED) is 0.396. The van der Waals surface area contributed by atoms with Gasteiger partial charge in [0.2, 0.25) is 5.91 Å². The van der Waals surface area contributed by atoms with Gasteiger partial charge in [-0.25, -0.2) is 0 Å². The van der Waals surface area contributed by atoms with Gasteiger partial charge in [0, 0.05) is 23.6 Å². The molecule has 1 amide bonds. The van der Waals surface area contributed by atoms with E-state index >= 15 is 0 Å². The SMILES string of the molecule is O=C1N/C(=N/N=C\c2cccc3ccccc23)S[C@@H]1Cc1ccccc1[N+](=O)[O-]. The lowest BCUT2D eigenvalue weighted by Gasteiger charge is -2.05. The summed E-state index contributed by atoms with van der Waals surface area (Å²) in [6, 6.07) is 20.3. The van der Waals surface area contributed by atoms with Gasteiger partial charge >= 0.3 is 0 Å². The van der Waals surface area contributed by atoms with Gasteiger partial charge in [-0.1, -0.05) is 72.4 Å². The van der Waals surface area contributed by atoms with Crippen molar-refractivity contribution >= 4 is 45.5 Å². The number of amidine groups is 1. The highest BCUT2D eigenvalue weighted by atomic mass is 32.2. The van der Waals surface area contributed by atoms with Crippen molar-refractivity contribution in [2.24, 2.45) is 10.2 Å². The van der Waals surface area contributed by atoms with Crippen molar-refractivity contribution in [1.82, 2.24) is 5.32 Å². The van der Waals surface area contributed by atoms with Gasteiger partial charge in [0.1, 0.15) is 0 Å². The molecule has 1 fully saturated rings. The first-order valence-corrected chi connectivity index (χ1v) is 9.78. The Kier molecular flexibility index (Phi) is 5.35. The molecule has 0 bridgehead atoms. The van der Waals surface area contributed by atoms with Gasteiger partial charge in [0.15, 0.2) is 5.17 Å². The summed E-state index contributed by atoms with van der Waals surface area (Å²) in [7, 11) is 0. The van der Waals surface area contributed by atoms with Crippen molar-refractivity contribution in [1.29, 1.82) is 0 Å². The second-order valence-corrected chi connectivity index (χ2v) is 7.60. The molecule has 3 aromatic rings. The standard InChI is InChI=1S/C21H16N4O3S/c26-20-19(12-15-7-2-4-11-18(15)25(27)28)29-21(23-20)24-22-13-16-9-5-8-14-6-1-3-10-17(14)16/h1-11,13,19H,12H2,(H,23,24,26)/b22-13-/t19-/m1/s1. The van der Waals surface area contributed by atoms with E-state index in [4.69, 9.17) is 0 Å². The first-order valence-electron chi connectivity index (χ1n) is 8.90. The zero-order valence-electron chi connectivity index (χ0n) is 15.2. The molecule has 1 aliphatic heterocycles. The number of thioether (sulfide) groups is 1. The van der Waals surface area contributed by atoms with E-state index < -0.39 is 10.2 Å². The average molecular weight is 404 g/mol. The lowest BCUT2D eigenvalue weighted by atomic mass is 10.1. The number of benzene rings is 3. The van der Waals surface area contributed by atoms with Gasteiger partial charge in [-0.15, -0.1) is 5.10 Å². The molecule has 8 heteroatoms. The number of rotatable bonds is 5. The Balaban J connectivity index is 1.49. The van der Waals surface area contributed by atoms with Crippen molar-refractivity contribution in [2.75, 3.05) is 0 Å². The number of nitrogens with one attached hydrogen (secondary N) is 1. The van der Waals surface area contributed by atoms with E-state index in [1.807, 2.05) is 42.5 Å². The molecule has 29 heavy (non-hydrogen) atoms. The minimum atomic E-state index is -0.484. The second-order valence-electron chi connectivity index (χ2n) is 6.40. The Labute approximate surface area is 170 Å². The lowest BCUT2D eigenvalue weighted by Crippen LogP contribution is -2.26. The number of hydrogen-bond donors (Lipinski definition) is 1. The summed E-state index contributed by atoms with van der Waals surface area (Å²) in [5.74, 6) is -0.229. The molecule has 3 aromatic carbocycles. The molecule has 144 valence electrons. The minimum Gasteiger partial charge on any atom is -0.303 e. The fourth-order valence-corrected chi connectivity index (χ4v) is 4.11. The van der Waals surface area contributed by atoms with Crippen LogP contribution in [0.3, 0.4) is 0 Å². The van der Waals surface area contributed by atoms with Crippen LogP contribution in [0, 0.1) is 10.1 Å². The van der Waals surface area contributed by atoms with Gasteiger partial charge in [-0.3, -0.25) is 14.9 Å². The molecular weight excluding hydrogens is 388 g/mol. The van der Waals surface area contributed by atoms with E-state index in [9.17, 15) is 14.9 Å². The van der Waals surface area contributed by atoms with E-state index in [0.717, 1.165) is 16.3 Å². The van der Waals surface area contributed by atoms with Crippen molar-refractivity contribution in [2.45, 2.75) is 11.7 Å². The van der Waals surface area contributed by atoms with Gasteiger partial charge in [-0.05, 0) is 10.8 Å². The van der Waals surface area contributed by atoms with Crippen LogP contribution in [0.2, 0.25) is 0 Å². The molecule has 1 heterocycles. The number of carbonyl (C=O) groups excluding carboxylic acids is 1. The van der Waals surface area contributed by atoms with E-state index in [1.54, 1.807) is 24.4 Å². The molecule has 4 rings (SSSR count). The molecule has 1 atom stereocenters. The molecule has 0 spiro atoms. The number of nitro groups is 1. The Morgan fingerprint density at radius 1 is 1.07 bits per heavy atom. The lowest BCUT2D eigenvalue weighted by molar-refractivity contribution is -0.385. The zero-order valence-corrected chi connectivity index (χ0v) is 16.0. The third-order valence-electron chi connectivity index (χ3n) is 4.54. The summed E-state index contributed by atoms with van der Waals surface area (Å²) in [4.78, 5) is 23.0. The number of nitrogens with zero attached hydrogens (tertiary/aromatic N) is 3. The molecule has 0 aromatic heterocycles. The molecule has 0 saturated carbocycles. The summed E-state index contributed by atoms with van der Waals surface area (Å²) < 4.78 is 0. The fourth-order valence-electron chi connectivity index (χ4n) is 3.15. The molecule has 1 saturated heterocycles. The van der Waals surface area contributed by atoms with Crippen molar-refractivity contribution in [3.63, 3.8) is 0 Å². The predicted octanol–water partition coefficient (Wildman–Crippen LogP) is 3.91. The Morgan fingerprint density at radius 3 is 2.69 bits per heavy atom. The van der Waals surface area contributed by atoms with Crippen LogP contribution in [0.4, 0.5) is 5.69 Å². The summed E-state index contributed by atoms with van der Waals surface area (Å²) in [5, 5.41) is 24.2. The Hall–Kier alpha value is -3.52. The molecule has 0 radical (unpaired) electrons. The number of hydrogen-bond acceptors (Lipinski definition) is 6. The predicted molar refractivity (Wildman–Crippen MR) is 115 cm³/mol. The zero-order chi connectivity index (χ0) is 20.2. The van der Waals surface area contributed by atoms with Gasteiger partial charge in [-0.2, -0.15) is 5.10 Å². The molecule has 1 aliphatic rings. The monoisotopic (exact) mass is 404 g/mol. The fraction of sp³-hybridized carbons (Fsp3) is 0.0952.